The van der Waals surface area contributed by atoms with Gasteiger partial charge in [-0.05, 0) is 36.0 Å². The summed E-state index contributed by atoms with van der Waals surface area (Å²) in [7, 11) is 0. The van der Waals surface area contributed by atoms with Crippen LogP contribution in [0.3, 0.4) is 0 Å². The molecule has 0 amide bonds. The van der Waals surface area contributed by atoms with Crippen LogP contribution in [0.1, 0.15) is 55.7 Å². The number of furan rings is 1. The zero-order chi connectivity index (χ0) is 16.3. The molecule has 0 radical (unpaired) electrons. The minimum Gasteiger partial charge on any atom is -0.469 e. The van der Waals surface area contributed by atoms with Crippen molar-refractivity contribution in [3.63, 3.8) is 0 Å². The number of ether oxygens (including phenoxy) is 1. The molecule has 0 spiro atoms. The van der Waals surface area contributed by atoms with E-state index < -0.39 is 0 Å². The molecule has 2 aromatic rings. The van der Waals surface area contributed by atoms with Crippen molar-refractivity contribution in [3.05, 3.63) is 59.0 Å². The van der Waals surface area contributed by atoms with Gasteiger partial charge in [-0.25, -0.2) is 0 Å². The quantitative estimate of drug-likeness (QED) is 0.845. The molecule has 1 aliphatic rings. The Morgan fingerprint density at radius 3 is 2.78 bits per heavy atom. The molecule has 1 aromatic heterocycles. The maximum Gasteiger partial charge on any atom is 0.109 e. The van der Waals surface area contributed by atoms with Crippen molar-refractivity contribution in [1.29, 1.82) is 0 Å². The highest BCUT2D eigenvalue weighted by Gasteiger charge is 2.33. The maximum atomic E-state index is 5.69. The third-order valence-corrected chi connectivity index (χ3v) is 4.67. The lowest BCUT2D eigenvalue weighted by molar-refractivity contribution is 0.133. The first-order chi connectivity index (χ1) is 11.1. The Hall–Kier alpha value is -1.58. The van der Waals surface area contributed by atoms with E-state index in [2.05, 4.69) is 49.5 Å². The van der Waals surface area contributed by atoms with Crippen molar-refractivity contribution in [1.82, 2.24) is 5.32 Å². The Balaban J connectivity index is 1.72. The molecular formula is C20H27NO2. The predicted molar refractivity (Wildman–Crippen MR) is 92.2 cm³/mol. The fourth-order valence-corrected chi connectivity index (χ4v) is 3.47. The summed E-state index contributed by atoms with van der Waals surface area (Å²) in [6.07, 6.45) is 3.98. The van der Waals surface area contributed by atoms with Crippen LogP contribution >= 0.6 is 0 Å². The molecule has 1 N–H and O–H groups in total. The number of benzene rings is 1. The Labute approximate surface area is 139 Å². The molecular weight excluding hydrogens is 286 g/mol. The molecule has 124 valence electrons. The van der Waals surface area contributed by atoms with Gasteiger partial charge < -0.3 is 14.5 Å². The van der Waals surface area contributed by atoms with Crippen molar-refractivity contribution < 1.29 is 9.15 Å². The van der Waals surface area contributed by atoms with Crippen LogP contribution in [0.15, 0.2) is 41.0 Å². The second kappa shape index (κ2) is 6.90. The first kappa shape index (κ1) is 16.3. The average molecular weight is 313 g/mol. The summed E-state index contributed by atoms with van der Waals surface area (Å²) in [6, 6.07) is 11.0. The lowest BCUT2D eigenvalue weighted by Crippen LogP contribution is -2.32. The average Bonchev–Trinajstić information content (AvgIpc) is 2.98. The minimum absolute atomic E-state index is 0.271. The second-order valence-electron chi connectivity index (χ2n) is 7.18. The van der Waals surface area contributed by atoms with Gasteiger partial charge in [0.15, 0.2) is 0 Å². The second-order valence-corrected chi connectivity index (χ2v) is 7.18. The van der Waals surface area contributed by atoms with Gasteiger partial charge in [0.2, 0.25) is 0 Å². The number of hydrogen-bond donors (Lipinski definition) is 1. The molecule has 3 nitrogen and oxygen atoms in total. The van der Waals surface area contributed by atoms with Gasteiger partial charge in [0.25, 0.3) is 0 Å². The number of fused-ring (bicyclic) bond motifs is 1. The first-order valence-electron chi connectivity index (χ1n) is 8.53. The fourth-order valence-electron chi connectivity index (χ4n) is 3.47. The predicted octanol–water partition coefficient (Wildman–Crippen LogP) is 4.62. The van der Waals surface area contributed by atoms with Crippen molar-refractivity contribution in [2.45, 2.75) is 52.8 Å². The molecule has 0 saturated carbocycles. The topological polar surface area (TPSA) is 34.4 Å². The molecule has 23 heavy (non-hydrogen) atoms. The van der Waals surface area contributed by atoms with Gasteiger partial charge in [-0.3, -0.25) is 0 Å². The van der Waals surface area contributed by atoms with E-state index in [1.165, 1.54) is 16.7 Å². The largest absolute Gasteiger partial charge is 0.469 e. The third-order valence-electron chi connectivity index (χ3n) is 4.67. The highest BCUT2D eigenvalue weighted by molar-refractivity contribution is 5.29. The van der Waals surface area contributed by atoms with Crippen molar-refractivity contribution in [3.8, 4) is 0 Å². The summed E-state index contributed by atoms with van der Waals surface area (Å²) in [6.45, 7) is 8.95. The summed E-state index contributed by atoms with van der Waals surface area (Å²) in [4.78, 5) is 0. The van der Waals surface area contributed by atoms with Crippen molar-refractivity contribution in [2.24, 2.45) is 5.41 Å². The van der Waals surface area contributed by atoms with E-state index in [0.717, 1.165) is 31.8 Å². The summed E-state index contributed by atoms with van der Waals surface area (Å²) in [5.74, 6) is 1.14. The van der Waals surface area contributed by atoms with E-state index >= 15 is 0 Å². The van der Waals surface area contributed by atoms with Gasteiger partial charge in [0.05, 0.1) is 12.9 Å². The third kappa shape index (κ3) is 3.85. The summed E-state index contributed by atoms with van der Waals surface area (Å²) in [5, 5.41) is 3.74. The Morgan fingerprint density at radius 2 is 2.00 bits per heavy atom. The lowest BCUT2D eigenvalue weighted by Gasteiger charge is -2.35. The van der Waals surface area contributed by atoms with Crippen LogP contribution in [0, 0.1) is 5.41 Å². The number of nitrogens with one attached hydrogen (secondary N) is 1. The zero-order valence-corrected chi connectivity index (χ0v) is 14.4. The van der Waals surface area contributed by atoms with Gasteiger partial charge in [0, 0.05) is 31.2 Å². The van der Waals surface area contributed by atoms with Gasteiger partial charge in [0.1, 0.15) is 5.76 Å². The molecule has 1 aliphatic carbocycles. The van der Waals surface area contributed by atoms with Gasteiger partial charge in [-0.1, -0.05) is 38.1 Å². The van der Waals surface area contributed by atoms with Crippen LogP contribution in [0.4, 0.5) is 0 Å². The van der Waals surface area contributed by atoms with Gasteiger partial charge in [-0.15, -0.1) is 0 Å². The fraction of sp³-hybridized carbons (Fsp3) is 0.500. The van der Waals surface area contributed by atoms with Gasteiger partial charge in [-0.2, -0.15) is 0 Å². The SMILES string of the molecule is CCOCc1ccccc1CN[C@H]1CC(C)(C)Cc2occc21. The molecule has 0 unspecified atom stereocenters. The van der Waals surface area contributed by atoms with E-state index in [9.17, 15) is 0 Å². The molecule has 1 heterocycles. The highest BCUT2D eigenvalue weighted by atomic mass is 16.5. The molecule has 0 saturated heterocycles. The highest BCUT2D eigenvalue weighted by Crippen LogP contribution is 2.41. The summed E-state index contributed by atoms with van der Waals surface area (Å²) < 4.78 is 11.3. The van der Waals surface area contributed by atoms with Gasteiger partial charge >= 0.3 is 0 Å². The molecule has 0 fully saturated rings. The molecule has 3 rings (SSSR count). The monoisotopic (exact) mass is 313 g/mol. The molecule has 0 bridgehead atoms. The number of rotatable bonds is 6. The molecule has 1 atom stereocenters. The summed E-state index contributed by atoms with van der Waals surface area (Å²) >= 11 is 0. The standard InChI is InChI=1S/C20H27NO2/c1-4-22-14-16-8-6-5-7-15(16)13-21-18-11-20(2,3)12-19-17(18)9-10-23-19/h5-10,18,21H,4,11-14H2,1-3H3/t18-/m0/s1. The van der Waals surface area contributed by atoms with E-state index in [-0.39, 0.29) is 5.41 Å². The van der Waals surface area contributed by atoms with E-state index in [1.54, 1.807) is 0 Å². The van der Waals surface area contributed by atoms with Crippen LogP contribution in [-0.2, 0) is 24.3 Å². The van der Waals surface area contributed by atoms with Crippen LogP contribution in [0.25, 0.3) is 0 Å². The van der Waals surface area contributed by atoms with Crippen molar-refractivity contribution >= 4 is 0 Å². The molecule has 0 aliphatic heterocycles. The van der Waals surface area contributed by atoms with E-state index in [1.807, 2.05) is 13.2 Å². The maximum absolute atomic E-state index is 5.69. The number of hydrogen-bond acceptors (Lipinski definition) is 3. The van der Waals surface area contributed by atoms with E-state index in [4.69, 9.17) is 9.15 Å². The van der Waals surface area contributed by atoms with Crippen LogP contribution in [-0.4, -0.2) is 6.61 Å². The smallest absolute Gasteiger partial charge is 0.109 e. The Morgan fingerprint density at radius 1 is 1.22 bits per heavy atom. The minimum atomic E-state index is 0.271. The zero-order valence-electron chi connectivity index (χ0n) is 14.4. The molecule has 1 aromatic carbocycles. The Bertz CT molecular complexity index is 645. The van der Waals surface area contributed by atoms with Crippen LogP contribution in [0.2, 0.25) is 0 Å². The molecule has 3 heteroatoms. The Kier molecular flexibility index (Phi) is 4.88. The first-order valence-corrected chi connectivity index (χ1v) is 8.53. The van der Waals surface area contributed by atoms with E-state index in [0.29, 0.717) is 12.6 Å². The summed E-state index contributed by atoms with van der Waals surface area (Å²) in [5.41, 5.74) is 4.18. The van der Waals surface area contributed by atoms with Crippen LogP contribution in [0.5, 0.6) is 0 Å². The van der Waals surface area contributed by atoms with Crippen LogP contribution < -0.4 is 5.32 Å². The normalized spacial score (nSPS) is 19.5. The van der Waals surface area contributed by atoms with Crippen molar-refractivity contribution in [2.75, 3.05) is 6.61 Å². The lowest BCUT2D eigenvalue weighted by atomic mass is 9.75.